The van der Waals surface area contributed by atoms with Gasteiger partial charge in [-0.05, 0) is 46.7 Å². The molecule has 2 nitrogen and oxygen atoms in total. The summed E-state index contributed by atoms with van der Waals surface area (Å²) in [7, 11) is 0. The van der Waals surface area contributed by atoms with Gasteiger partial charge in [0.2, 0.25) is 0 Å². The fraction of sp³-hybridized carbons (Fsp3) is 0.692. The highest BCUT2D eigenvalue weighted by Crippen LogP contribution is 2.39. The molecule has 18 heavy (non-hydrogen) atoms. The highest BCUT2D eigenvalue weighted by Gasteiger charge is 2.32. The summed E-state index contributed by atoms with van der Waals surface area (Å²) in [5.74, 6) is 0. The largest absolute Gasteiger partial charge is 0.329 e. The number of halogens is 2. The molecule has 102 valence electrons. The molecule has 1 aromatic heterocycles. The molecular formula is C13H20BrClN2S. The first-order valence-electron chi connectivity index (χ1n) is 6.32. The van der Waals surface area contributed by atoms with Crippen LogP contribution in [0.2, 0.25) is 4.34 Å². The third kappa shape index (κ3) is 3.48. The van der Waals surface area contributed by atoms with E-state index >= 15 is 0 Å². The number of rotatable bonds is 4. The SMILES string of the molecule is CC1(C)CCC(NC(CN)c2cc(Br)c(Cl)s2)C1. The minimum Gasteiger partial charge on any atom is -0.329 e. The number of hydrogen-bond donors (Lipinski definition) is 2. The fourth-order valence-corrected chi connectivity index (χ4v) is 4.47. The van der Waals surface area contributed by atoms with Crippen molar-refractivity contribution in [3.05, 3.63) is 19.8 Å². The van der Waals surface area contributed by atoms with Crippen LogP contribution in [0.5, 0.6) is 0 Å². The van der Waals surface area contributed by atoms with E-state index in [-0.39, 0.29) is 6.04 Å². The Labute approximate surface area is 126 Å². The summed E-state index contributed by atoms with van der Waals surface area (Å²) in [6.45, 7) is 5.29. The monoisotopic (exact) mass is 350 g/mol. The van der Waals surface area contributed by atoms with Gasteiger partial charge in [-0.2, -0.15) is 0 Å². The molecule has 0 radical (unpaired) electrons. The van der Waals surface area contributed by atoms with E-state index in [0.29, 0.717) is 18.0 Å². The molecule has 0 saturated heterocycles. The second-order valence-electron chi connectivity index (χ2n) is 5.83. The molecule has 0 amide bonds. The predicted molar refractivity (Wildman–Crippen MR) is 83.4 cm³/mol. The lowest BCUT2D eigenvalue weighted by Crippen LogP contribution is -2.35. The van der Waals surface area contributed by atoms with Crippen LogP contribution < -0.4 is 11.1 Å². The molecule has 2 rings (SSSR count). The molecule has 2 unspecified atom stereocenters. The van der Waals surface area contributed by atoms with Crippen molar-refractivity contribution in [3.8, 4) is 0 Å². The van der Waals surface area contributed by atoms with Crippen molar-refractivity contribution in [2.75, 3.05) is 6.54 Å². The van der Waals surface area contributed by atoms with Crippen molar-refractivity contribution in [2.45, 2.75) is 45.2 Å². The summed E-state index contributed by atoms with van der Waals surface area (Å²) in [4.78, 5) is 1.22. The number of nitrogens with one attached hydrogen (secondary N) is 1. The molecule has 0 bridgehead atoms. The van der Waals surface area contributed by atoms with Crippen molar-refractivity contribution < 1.29 is 0 Å². The van der Waals surface area contributed by atoms with E-state index < -0.39 is 0 Å². The van der Waals surface area contributed by atoms with Gasteiger partial charge in [0.15, 0.2) is 0 Å². The van der Waals surface area contributed by atoms with E-state index in [9.17, 15) is 0 Å². The Kier molecular flexibility index (Phi) is 4.76. The lowest BCUT2D eigenvalue weighted by molar-refractivity contribution is 0.354. The lowest BCUT2D eigenvalue weighted by atomic mass is 9.92. The fourth-order valence-electron chi connectivity index (χ4n) is 2.66. The van der Waals surface area contributed by atoms with E-state index in [2.05, 4.69) is 41.2 Å². The van der Waals surface area contributed by atoms with Gasteiger partial charge >= 0.3 is 0 Å². The molecule has 0 aliphatic heterocycles. The summed E-state index contributed by atoms with van der Waals surface area (Å²) in [6, 6.07) is 2.88. The van der Waals surface area contributed by atoms with Crippen LogP contribution in [-0.4, -0.2) is 12.6 Å². The van der Waals surface area contributed by atoms with E-state index in [1.165, 1.54) is 24.1 Å². The van der Waals surface area contributed by atoms with Crippen molar-refractivity contribution >= 4 is 38.9 Å². The molecule has 1 fully saturated rings. The Bertz CT molecular complexity index is 400. The van der Waals surface area contributed by atoms with Gasteiger partial charge in [0.05, 0.1) is 6.04 Å². The van der Waals surface area contributed by atoms with Crippen LogP contribution in [0, 0.1) is 5.41 Å². The van der Waals surface area contributed by atoms with Gasteiger partial charge in [0.1, 0.15) is 4.34 Å². The van der Waals surface area contributed by atoms with Crippen LogP contribution in [0.15, 0.2) is 10.5 Å². The van der Waals surface area contributed by atoms with Crippen LogP contribution in [0.4, 0.5) is 0 Å². The normalized spacial score (nSPS) is 24.4. The Balaban J connectivity index is 2.02. The summed E-state index contributed by atoms with van der Waals surface area (Å²) in [6.07, 6.45) is 3.75. The average molecular weight is 352 g/mol. The molecule has 5 heteroatoms. The van der Waals surface area contributed by atoms with Crippen molar-refractivity contribution in [3.63, 3.8) is 0 Å². The number of thiophene rings is 1. The Morgan fingerprint density at radius 2 is 2.39 bits per heavy atom. The topological polar surface area (TPSA) is 38.0 Å². The first kappa shape index (κ1) is 14.8. The zero-order valence-electron chi connectivity index (χ0n) is 10.8. The third-order valence-corrected chi connectivity index (χ3v) is 6.24. The van der Waals surface area contributed by atoms with Crippen molar-refractivity contribution in [1.82, 2.24) is 5.32 Å². The molecule has 2 atom stereocenters. The highest BCUT2D eigenvalue weighted by atomic mass is 79.9. The second-order valence-corrected chi connectivity index (χ2v) is 8.37. The Morgan fingerprint density at radius 3 is 2.83 bits per heavy atom. The Hall–Kier alpha value is 0.390. The zero-order chi connectivity index (χ0) is 13.3. The molecule has 1 heterocycles. The maximum absolute atomic E-state index is 6.10. The van der Waals surface area contributed by atoms with Gasteiger partial charge < -0.3 is 11.1 Å². The van der Waals surface area contributed by atoms with Gasteiger partial charge in [-0.25, -0.2) is 0 Å². The van der Waals surface area contributed by atoms with E-state index in [4.69, 9.17) is 17.3 Å². The number of nitrogens with two attached hydrogens (primary N) is 1. The van der Waals surface area contributed by atoms with Gasteiger partial charge in [-0.1, -0.05) is 25.4 Å². The maximum Gasteiger partial charge on any atom is 0.107 e. The summed E-state index contributed by atoms with van der Waals surface area (Å²) in [5, 5.41) is 3.68. The smallest absolute Gasteiger partial charge is 0.107 e. The third-order valence-electron chi connectivity index (χ3n) is 3.65. The van der Waals surface area contributed by atoms with Crippen molar-refractivity contribution in [2.24, 2.45) is 11.1 Å². The van der Waals surface area contributed by atoms with E-state index in [0.717, 1.165) is 8.81 Å². The van der Waals surface area contributed by atoms with Crippen LogP contribution in [0.3, 0.4) is 0 Å². The van der Waals surface area contributed by atoms with Gasteiger partial charge in [-0.15, -0.1) is 11.3 Å². The van der Waals surface area contributed by atoms with Crippen LogP contribution in [0.1, 0.15) is 44.0 Å². The first-order chi connectivity index (χ1) is 8.41. The van der Waals surface area contributed by atoms with E-state index in [1.807, 2.05) is 0 Å². The molecule has 3 N–H and O–H groups in total. The van der Waals surface area contributed by atoms with E-state index in [1.54, 1.807) is 11.3 Å². The second kappa shape index (κ2) is 5.80. The quantitative estimate of drug-likeness (QED) is 0.847. The molecule has 1 saturated carbocycles. The minimum absolute atomic E-state index is 0.220. The maximum atomic E-state index is 6.10. The predicted octanol–water partition coefficient (Wildman–Crippen LogP) is 4.33. The molecule has 1 aliphatic rings. The standard InChI is InChI=1S/C13H20BrClN2S/c1-13(2)4-3-8(6-13)17-10(7-16)11-5-9(14)12(15)18-11/h5,8,10,17H,3-4,6-7,16H2,1-2H3. The van der Waals surface area contributed by atoms with Crippen LogP contribution in [-0.2, 0) is 0 Å². The summed E-state index contributed by atoms with van der Waals surface area (Å²) >= 11 is 11.2. The van der Waals surface area contributed by atoms with Crippen molar-refractivity contribution in [1.29, 1.82) is 0 Å². The molecule has 1 aromatic rings. The van der Waals surface area contributed by atoms with Gasteiger partial charge in [-0.3, -0.25) is 0 Å². The summed E-state index contributed by atoms with van der Waals surface area (Å²) in [5.41, 5.74) is 6.36. The molecule has 1 aliphatic carbocycles. The Morgan fingerprint density at radius 1 is 1.67 bits per heavy atom. The average Bonchev–Trinajstić information content (AvgIpc) is 2.79. The van der Waals surface area contributed by atoms with Crippen LogP contribution in [0.25, 0.3) is 0 Å². The van der Waals surface area contributed by atoms with Gasteiger partial charge in [0.25, 0.3) is 0 Å². The zero-order valence-corrected chi connectivity index (χ0v) is 14.0. The lowest BCUT2D eigenvalue weighted by Gasteiger charge is -2.22. The highest BCUT2D eigenvalue weighted by molar-refractivity contribution is 9.10. The summed E-state index contributed by atoms with van der Waals surface area (Å²) < 4.78 is 1.77. The number of hydrogen-bond acceptors (Lipinski definition) is 3. The van der Waals surface area contributed by atoms with Gasteiger partial charge in [0, 0.05) is 21.9 Å². The van der Waals surface area contributed by atoms with Crippen LogP contribution >= 0.6 is 38.9 Å². The first-order valence-corrected chi connectivity index (χ1v) is 8.31. The minimum atomic E-state index is 0.220. The molecule has 0 spiro atoms. The molecular weight excluding hydrogens is 332 g/mol. The molecule has 0 aromatic carbocycles.